The fraction of sp³-hybridized carbons (Fsp3) is 0.588. The SMILES string of the molecule is COc1ccc(S(=O)(=O)N(C[C@H](O)[C@H](Cc2ccccc2)NC(=O)O[C@@H]2CO[C@@H]3OCC[C@@H]32)CC(C)(C)CCCNC(=O)N(C)C)cc1. The van der Waals surface area contributed by atoms with Gasteiger partial charge in [0.2, 0.25) is 10.0 Å². The van der Waals surface area contributed by atoms with Crippen LogP contribution in [-0.2, 0) is 30.7 Å². The number of sulfonamides is 1. The second-order valence-corrected chi connectivity index (χ2v) is 15.3. The topological polar surface area (TPSA) is 156 Å². The van der Waals surface area contributed by atoms with Crippen LogP contribution in [0.4, 0.5) is 9.59 Å². The summed E-state index contributed by atoms with van der Waals surface area (Å²) in [5, 5.41) is 17.4. The lowest BCUT2D eigenvalue weighted by molar-refractivity contribution is -0.0907. The number of nitrogens with zero attached hydrogens (tertiary/aromatic N) is 2. The number of fused-ring (bicyclic) bond motifs is 1. The zero-order valence-electron chi connectivity index (χ0n) is 28.5. The number of benzene rings is 2. The molecule has 3 amide bonds. The van der Waals surface area contributed by atoms with Crippen molar-refractivity contribution in [1.82, 2.24) is 19.8 Å². The van der Waals surface area contributed by atoms with Gasteiger partial charge in [-0.3, -0.25) is 0 Å². The van der Waals surface area contributed by atoms with E-state index < -0.39 is 46.1 Å². The highest BCUT2D eigenvalue weighted by Crippen LogP contribution is 2.33. The molecule has 2 heterocycles. The predicted molar refractivity (Wildman–Crippen MR) is 179 cm³/mol. The summed E-state index contributed by atoms with van der Waals surface area (Å²) in [5.41, 5.74) is 0.311. The molecule has 5 atom stereocenters. The van der Waals surface area contributed by atoms with Gasteiger partial charge < -0.3 is 39.6 Å². The maximum atomic E-state index is 14.2. The van der Waals surface area contributed by atoms with Crippen molar-refractivity contribution in [3.05, 3.63) is 60.2 Å². The zero-order chi connectivity index (χ0) is 34.9. The van der Waals surface area contributed by atoms with Crippen LogP contribution in [-0.4, -0.2) is 113 Å². The average molecular weight is 691 g/mol. The number of nitrogens with one attached hydrogen (secondary N) is 2. The molecule has 0 aliphatic carbocycles. The third-order valence-corrected chi connectivity index (χ3v) is 10.5. The normalized spacial score (nSPS) is 20.5. The standard InChI is InChI=1S/C34H50N4O9S/c1-34(2,17-9-18-35-32(40)37(3)4)23-38(48(42,43)26-14-12-25(44-5)13-15-26)21-29(39)28(20-24-10-7-6-8-11-24)36-33(41)47-30-22-46-31-27(30)16-19-45-31/h6-8,10-15,27-31,39H,9,16-23H2,1-5H3,(H,35,40)(H,36,41)/t27-,28+,29+,30-,31+/m1/s1. The molecule has 2 aromatic rings. The van der Waals surface area contributed by atoms with Crippen LogP contribution in [0.1, 0.15) is 38.7 Å². The molecule has 3 N–H and O–H groups in total. The van der Waals surface area contributed by atoms with Gasteiger partial charge in [-0.1, -0.05) is 44.2 Å². The summed E-state index contributed by atoms with van der Waals surface area (Å²) < 4.78 is 51.7. The van der Waals surface area contributed by atoms with E-state index in [0.717, 1.165) is 5.56 Å². The summed E-state index contributed by atoms with van der Waals surface area (Å²) in [5.74, 6) is 0.450. The van der Waals surface area contributed by atoms with Gasteiger partial charge in [0.25, 0.3) is 0 Å². The Kier molecular flexibility index (Phi) is 13.1. The highest BCUT2D eigenvalue weighted by molar-refractivity contribution is 7.89. The minimum atomic E-state index is -4.11. The molecule has 266 valence electrons. The number of ether oxygens (including phenoxy) is 4. The largest absolute Gasteiger partial charge is 0.497 e. The molecule has 2 aromatic carbocycles. The molecule has 14 heteroatoms. The van der Waals surface area contributed by atoms with Gasteiger partial charge in [0, 0.05) is 33.7 Å². The van der Waals surface area contributed by atoms with Crippen molar-refractivity contribution in [2.45, 2.75) is 69.0 Å². The van der Waals surface area contributed by atoms with Crippen LogP contribution in [0.5, 0.6) is 5.75 Å². The van der Waals surface area contributed by atoms with E-state index in [-0.39, 0.29) is 43.0 Å². The number of methoxy groups -OCH3 is 1. The van der Waals surface area contributed by atoms with Crippen molar-refractivity contribution in [3.8, 4) is 5.75 Å². The summed E-state index contributed by atoms with van der Waals surface area (Å²) in [6.45, 7) is 4.86. The van der Waals surface area contributed by atoms with Gasteiger partial charge in [0.15, 0.2) is 6.29 Å². The Morgan fingerprint density at radius 2 is 1.79 bits per heavy atom. The Morgan fingerprint density at radius 1 is 1.08 bits per heavy atom. The van der Waals surface area contributed by atoms with Gasteiger partial charge in [-0.15, -0.1) is 0 Å². The second kappa shape index (κ2) is 16.8. The molecule has 13 nitrogen and oxygen atoms in total. The van der Waals surface area contributed by atoms with Crippen LogP contribution < -0.4 is 15.4 Å². The Hall–Kier alpha value is -3.43. The van der Waals surface area contributed by atoms with Crippen LogP contribution in [0.2, 0.25) is 0 Å². The van der Waals surface area contributed by atoms with Crippen LogP contribution in [0.3, 0.4) is 0 Å². The maximum Gasteiger partial charge on any atom is 0.407 e. The van der Waals surface area contributed by atoms with E-state index in [9.17, 15) is 23.1 Å². The smallest absolute Gasteiger partial charge is 0.407 e. The Morgan fingerprint density at radius 3 is 2.46 bits per heavy atom. The van der Waals surface area contributed by atoms with E-state index in [2.05, 4.69) is 10.6 Å². The van der Waals surface area contributed by atoms with Gasteiger partial charge in [0.05, 0.1) is 43.3 Å². The van der Waals surface area contributed by atoms with E-state index in [0.29, 0.717) is 38.2 Å². The van der Waals surface area contributed by atoms with Gasteiger partial charge in [0.1, 0.15) is 11.9 Å². The number of rotatable bonds is 16. The quantitative estimate of drug-likeness (QED) is 0.225. The first-order valence-electron chi connectivity index (χ1n) is 16.3. The van der Waals surface area contributed by atoms with Crippen molar-refractivity contribution in [2.24, 2.45) is 11.3 Å². The van der Waals surface area contributed by atoms with Crippen molar-refractivity contribution >= 4 is 22.1 Å². The number of amides is 3. The van der Waals surface area contributed by atoms with Crippen LogP contribution in [0.25, 0.3) is 0 Å². The van der Waals surface area contributed by atoms with Gasteiger partial charge >= 0.3 is 12.1 Å². The molecule has 0 unspecified atom stereocenters. The van der Waals surface area contributed by atoms with E-state index in [1.54, 1.807) is 26.2 Å². The van der Waals surface area contributed by atoms with Crippen molar-refractivity contribution < 1.29 is 42.1 Å². The van der Waals surface area contributed by atoms with Crippen LogP contribution >= 0.6 is 0 Å². The molecule has 0 saturated carbocycles. The lowest BCUT2D eigenvalue weighted by atomic mass is 9.87. The summed E-state index contributed by atoms with van der Waals surface area (Å²) in [7, 11) is 0.718. The summed E-state index contributed by atoms with van der Waals surface area (Å²) in [6.07, 6.45) is -0.733. The van der Waals surface area contributed by atoms with Gasteiger partial charge in [-0.2, -0.15) is 4.31 Å². The highest BCUT2D eigenvalue weighted by atomic mass is 32.2. The number of carbonyl (C=O) groups is 2. The van der Waals surface area contributed by atoms with E-state index >= 15 is 0 Å². The van der Waals surface area contributed by atoms with E-state index in [1.165, 1.54) is 28.4 Å². The summed E-state index contributed by atoms with van der Waals surface area (Å²) in [4.78, 5) is 26.7. The molecule has 0 bridgehead atoms. The first-order valence-corrected chi connectivity index (χ1v) is 17.7. The fourth-order valence-electron chi connectivity index (χ4n) is 5.98. The van der Waals surface area contributed by atoms with Crippen LogP contribution in [0.15, 0.2) is 59.5 Å². The monoisotopic (exact) mass is 690 g/mol. The third-order valence-electron chi connectivity index (χ3n) is 8.71. The predicted octanol–water partition coefficient (Wildman–Crippen LogP) is 3.22. The van der Waals surface area contributed by atoms with Crippen molar-refractivity contribution in [3.63, 3.8) is 0 Å². The van der Waals surface area contributed by atoms with Crippen molar-refractivity contribution in [2.75, 3.05) is 54.1 Å². The van der Waals surface area contributed by atoms with E-state index in [4.69, 9.17) is 18.9 Å². The number of hydrogen-bond acceptors (Lipinski definition) is 9. The molecule has 2 aliphatic rings. The summed E-state index contributed by atoms with van der Waals surface area (Å²) >= 11 is 0. The number of carbonyl (C=O) groups excluding carboxylic acids is 2. The first kappa shape index (κ1) is 37.4. The lowest BCUT2D eigenvalue weighted by Gasteiger charge is -2.35. The number of aliphatic hydroxyl groups is 1. The second-order valence-electron chi connectivity index (χ2n) is 13.3. The number of aliphatic hydroxyl groups excluding tert-OH is 1. The Balaban J connectivity index is 1.53. The molecule has 4 rings (SSSR count). The number of hydrogen-bond donors (Lipinski definition) is 3. The fourth-order valence-corrected chi connectivity index (χ4v) is 7.63. The average Bonchev–Trinajstić information content (AvgIpc) is 3.68. The number of alkyl carbamates (subject to hydrolysis) is 1. The van der Waals surface area contributed by atoms with Crippen molar-refractivity contribution in [1.29, 1.82) is 0 Å². The zero-order valence-corrected chi connectivity index (χ0v) is 29.3. The third kappa shape index (κ3) is 10.3. The molecule has 2 fully saturated rings. The minimum absolute atomic E-state index is 0.0473. The first-order chi connectivity index (χ1) is 22.8. The van der Waals surface area contributed by atoms with Gasteiger partial charge in [-0.25, -0.2) is 18.0 Å². The number of urea groups is 1. The molecular formula is C34H50N4O9S. The maximum absolute atomic E-state index is 14.2. The summed E-state index contributed by atoms with van der Waals surface area (Å²) in [6, 6.07) is 14.3. The highest BCUT2D eigenvalue weighted by Gasteiger charge is 2.44. The Labute approximate surface area is 283 Å². The molecular weight excluding hydrogens is 640 g/mol. The molecule has 2 saturated heterocycles. The Bertz CT molecular complexity index is 1440. The van der Waals surface area contributed by atoms with E-state index in [1.807, 2.05) is 44.2 Å². The lowest BCUT2D eigenvalue weighted by Crippen LogP contribution is -2.52. The van der Waals surface area contributed by atoms with Gasteiger partial charge in [-0.05, 0) is 60.9 Å². The molecule has 0 radical (unpaired) electrons. The molecule has 48 heavy (non-hydrogen) atoms. The molecule has 0 aromatic heterocycles. The molecule has 0 spiro atoms. The van der Waals surface area contributed by atoms with Crippen LogP contribution in [0, 0.1) is 11.3 Å². The molecule has 2 aliphatic heterocycles. The minimum Gasteiger partial charge on any atom is -0.497 e.